The number of amides is 1. The van der Waals surface area contributed by atoms with Crippen LogP contribution in [-0.2, 0) is 4.79 Å². The maximum Gasteiger partial charge on any atom is 0.246 e. The molecule has 98 valence electrons. The summed E-state index contributed by atoms with van der Waals surface area (Å²) in [6.45, 7) is 3.82. The predicted molar refractivity (Wildman–Crippen MR) is 73.1 cm³/mol. The molecule has 0 heterocycles. The zero-order valence-corrected chi connectivity index (χ0v) is 11.2. The molecule has 0 aliphatic rings. The summed E-state index contributed by atoms with van der Waals surface area (Å²) in [5.41, 5.74) is 0.823. The molecule has 0 unspecified atom stereocenters. The molecule has 0 aliphatic heterocycles. The second kappa shape index (κ2) is 6.97. The third kappa shape index (κ3) is 3.70. The Morgan fingerprint density at radius 1 is 1.39 bits per heavy atom. The average Bonchev–Trinajstić information content (AvgIpc) is 2.43. The lowest BCUT2D eigenvalue weighted by atomic mass is 10.0. The molecule has 1 N–H and O–H groups in total. The summed E-state index contributed by atoms with van der Waals surface area (Å²) in [6, 6.07) is 9.12. The number of carbonyl (C=O) groups is 1. The molecule has 3 heteroatoms. The second-order valence-corrected chi connectivity index (χ2v) is 4.36. The first-order chi connectivity index (χ1) is 8.57. The summed E-state index contributed by atoms with van der Waals surface area (Å²) in [5.74, 6) is -0.0840. The third-order valence-corrected chi connectivity index (χ3v) is 3.05. The number of allylic oxidation sites excluding steroid dienone is 1. The van der Waals surface area contributed by atoms with E-state index in [-0.39, 0.29) is 11.9 Å². The molecule has 0 saturated carbocycles. The Labute approximate surface area is 109 Å². The van der Waals surface area contributed by atoms with Crippen molar-refractivity contribution in [1.82, 2.24) is 4.90 Å². The highest BCUT2D eigenvalue weighted by Gasteiger charge is 2.22. The Morgan fingerprint density at radius 3 is 2.56 bits per heavy atom. The Balaban J connectivity index is 2.72. The first-order valence-electron chi connectivity index (χ1n) is 6.24. The number of hydrogen-bond acceptors (Lipinski definition) is 2. The monoisotopic (exact) mass is 247 g/mol. The Kier molecular flexibility index (Phi) is 5.59. The highest BCUT2D eigenvalue weighted by Crippen LogP contribution is 2.19. The van der Waals surface area contributed by atoms with Gasteiger partial charge in [-0.15, -0.1) is 0 Å². The minimum atomic E-state index is -0.671. The molecule has 0 saturated heterocycles. The van der Waals surface area contributed by atoms with Gasteiger partial charge in [0.25, 0.3) is 0 Å². The summed E-state index contributed by atoms with van der Waals surface area (Å²) >= 11 is 0. The average molecular weight is 247 g/mol. The van der Waals surface area contributed by atoms with Crippen molar-refractivity contribution in [2.24, 2.45) is 0 Å². The van der Waals surface area contributed by atoms with Crippen LogP contribution in [0.25, 0.3) is 0 Å². The van der Waals surface area contributed by atoms with Crippen molar-refractivity contribution in [2.75, 3.05) is 7.05 Å². The summed E-state index contributed by atoms with van der Waals surface area (Å²) < 4.78 is 0. The van der Waals surface area contributed by atoms with Gasteiger partial charge in [-0.2, -0.15) is 0 Å². The largest absolute Gasteiger partial charge is 0.386 e. The van der Waals surface area contributed by atoms with E-state index >= 15 is 0 Å². The first-order valence-corrected chi connectivity index (χ1v) is 6.24. The van der Waals surface area contributed by atoms with Crippen LogP contribution >= 0.6 is 0 Å². The van der Waals surface area contributed by atoms with Crippen molar-refractivity contribution in [3.05, 3.63) is 48.0 Å². The number of nitrogens with zero attached hydrogens (tertiary/aromatic N) is 1. The van der Waals surface area contributed by atoms with E-state index in [4.69, 9.17) is 0 Å². The smallest absolute Gasteiger partial charge is 0.246 e. The molecule has 0 aromatic heterocycles. The minimum Gasteiger partial charge on any atom is -0.386 e. The van der Waals surface area contributed by atoms with Crippen molar-refractivity contribution in [2.45, 2.75) is 32.4 Å². The standard InChI is InChI=1S/C15H21NO2/c1-4-5-11-14(17)16(3)12(2)15(18)13-9-7-6-8-10-13/h5-12,15,18H,4H2,1-3H3/t12-,15-/m1/s1. The van der Waals surface area contributed by atoms with Crippen molar-refractivity contribution >= 4 is 5.91 Å². The SMILES string of the molecule is CCC=CC(=O)N(C)[C@H](C)[C@@H](O)c1ccccc1. The summed E-state index contributed by atoms with van der Waals surface area (Å²) in [5, 5.41) is 10.2. The van der Waals surface area contributed by atoms with Gasteiger partial charge >= 0.3 is 0 Å². The van der Waals surface area contributed by atoms with Crippen LogP contribution in [0.4, 0.5) is 0 Å². The van der Waals surface area contributed by atoms with Crippen molar-refractivity contribution in [1.29, 1.82) is 0 Å². The van der Waals surface area contributed by atoms with Gasteiger partial charge in [0.05, 0.1) is 12.1 Å². The molecule has 0 aliphatic carbocycles. The number of hydrogen-bond donors (Lipinski definition) is 1. The lowest BCUT2D eigenvalue weighted by Gasteiger charge is -2.28. The molecule has 1 rings (SSSR count). The fourth-order valence-corrected chi connectivity index (χ4v) is 1.68. The predicted octanol–water partition coefficient (Wildman–Crippen LogP) is 2.53. The van der Waals surface area contributed by atoms with E-state index in [1.807, 2.05) is 50.3 Å². The van der Waals surface area contributed by atoms with E-state index in [0.717, 1.165) is 12.0 Å². The van der Waals surface area contributed by atoms with E-state index in [1.165, 1.54) is 0 Å². The van der Waals surface area contributed by atoms with E-state index in [1.54, 1.807) is 18.0 Å². The van der Waals surface area contributed by atoms with Gasteiger partial charge in [-0.05, 0) is 25.0 Å². The van der Waals surface area contributed by atoms with Crippen LogP contribution in [-0.4, -0.2) is 29.0 Å². The van der Waals surface area contributed by atoms with E-state index in [0.29, 0.717) is 0 Å². The fraction of sp³-hybridized carbons (Fsp3) is 0.400. The van der Waals surface area contributed by atoms with Crippen LogP contribution < -0.4 is 0 Å². The number of benzene rings is 1. The summed E-state index contributed by atoms with van der Waals surface area (Å²) in [4.78, 5) is 13.4. The number of rotatable bonds is 5. The van der Waals surface area contributed by atoms with Crippen molar-refractivity contribution < 1.29 is 9.90 Å². The molecule has 2 atom stereocenters. The lowest BCUT2D eigenvalue weighted by Crippen LogP contribution is -2.38. The number of likely N-dealkylation sites (N-methyl/N-ethyl adjacent to an activating group) is 1. The maximum absolute atomic E-state index is 11.8. The van der Waals surface area contributed by atoms with Crippen LogP contribution in [0.5, 0.6) is 0 Å². The summed E-state index contributed by atoms with van der Waals surface area (Å²) in [7, 11) is 1.71. The second-order valence-electron chi connectivity index (χ2n) is 4.36. The Hall–Kier alpha value is -1.61. The molecule has 0 fully saturated rings. The molecular formula is C15H21NO2. The van der Waals surface area contributed by atoms with Gasteiger partial charge in [-0.3, -0.25) is 4.79 Å². The van der Waals surface area contributed by atoms with Crippen LogP contribution in [0, 0.1) is 0 Å². The third-order valence-electron chi connectivity index (χ3n) is 3.05. The Bertz CT molecular complexity index is 400. The molecule has 3 nitrogen and oxygen atoms in total. The van der Waals surface area contributed by atoms with Crippen LogP contribution in [0.2, 0.25) is 0 Å². The molecule has 1 aromatic rings. The van der Waals surface area contributed by atoms with Crippen LogP contribution in [0.15, 0.2) is 42.5 Å². The fourth-order valence-electron chi connectivity index (χ4n) is 1.68. The summed E-state index contributed by atoms with van der Waals surface area (Å²) in [6.07, 6.45) is 3.53. The van der Waals surface area contributed by atoms with Gasteiger partial charge in [0, 0.05) is 7.05 Å². The molecular weight excluding hydrogens is 226 g/mol. The van der Waals surface area contributed by atoms with E-state index in [2.05, 4.69) is 0 Å². The van der Waals surface area contributed by atoms with Crippen molar-refractivity contribution in [3.63, 3.8) is 0 Å². The normalized spacial score (nSPS) is 14.4. The minimum absolute atomic E-state index is 0.0840. The molecule has 0 bridgehead atoms. The van der Waals surface area contributed by atoms with E-state index in [9.17, 15) is 9.90 Å². The molecule has 0 radical (unpaired) electrons. The van der Waals surface area contributed by atoms with Gasteiger partial charge in [0.2, 0.25) is 5.91 Å². The quantitative estimate of drug-likeness (QED) is 0.812. The van der Waals surface area contributed by atoms with Gasteiger partial charge in [0.1, 0.15) is 0 Å². The Morgan fingerprint density at radius 2 is 2.00 bits per heavy atom. The number of aliphatic hydroxyl groups is 1. The maximum atomic E-state index is 11.8. The van der Waals surface area contributed by atoms with Crippen molar-refractivity contribution in [3.8, 4) is 0 Å². The first kappa shape index (κ1) is 14.5. The van der Waals surface area contributed by atoms with E-state index < -0.39 is 6.10 Å². The molecule has 0 spiro atoms. The zero-order valence-electron chi connectivity index (χ0n) is 11.2. The molecule has 1 aromatic carbocycles. The molecule has 1 amide bonds. The van der Waals surface area contributed by atoms with Crippen LogP contribution in [0.1, 0.15) is 31.9 Å². The lowest BCUT2D eigenvalue weighted by molar-refractivity contribution is -0.128. The van der Waals surface area contributed by atoms with Gasteiger partial charge in [-0.25, -0.2) is 0 Å². The number of aliphatic hydroxyl groups excluding tert-OH is 1. The van der Waals surface area contributed by atoms with Gasteiger partial charge < -0.3 is 10.0 Å². The zero-order chi connectivity index (χ0) is 13.5. The number of carbonyl (C=O) groups excluding carboxylic acids is 1. The van der Waals surface area contributed by atoms with Crippen LogP contribution in [0.3, 0.4) is 0 Å². The van der Waals surface area contributed by atoms with Gasteiger partial charge in [0.15, 0.2) is 0 Å². The molecule has 18 heavy (non-hydrogen) atoms. The van der Waals surface area contributed by atoms with Gasteiger partial charge in [-0.1, -0.05) is 43.3 Å². The topological polar surface area (TPSA) is 40.5 Å². The highest BCUT2D eigenvalue weighted by atomic mass is 16.3. The highest BCUT2D eigenvalue weighted by molar-refractivity contribution is 5.87.